The molecule has 1 unspecified atom stereocenters. The molecular weight excluding hydrogens is 432 g/mol. The summed E-state index contributed by atoms with van der Waals surface area (Å²) < 4.78 is 1.10. The van der Waals surface area contributed by atoms with E-state index in [2.05, 4.69) is 47.1 Å². The summed E-state index contributed by atoms with van der Waals surface area (Å²) in [5, 5.41) is 29.3. The number of carboxylic acids is 1. The maximum Gasteiger partial charge on any atom is 0.303 e. The lowest BCUT2D eigenvalue weighted by Crippen LogP contribution is -2.17. The average Bonchev–Trinajstić information content (AvgIpc) is 3.03. The summed E-state index contributed by atoms with van der Waals surface area (Å²) in [6, 6.07) is 6.28. The highest BCUT2D eigenvalue weighted by Crippen LogP contribution is 2.36. The summed E-state index contributed by atoms with van der Waals surface area (Å²) in [5.74, 6) is -0.315. The molecule has 3 N–H and O–H groups in total. The number of allylic oxidation sites excluding steroid dienone is 3. The summed E-state index contributed by atoms with van der Waals surface area (Å²) in [5.41, 5.74) is 2.42. The van der Waals surface area contributed by atoms with Gasteiger partial charge < -0.3 is 15.3 Å². The molecule has 0 aromatic heterocycles. The number of aryl methyl sites for hydroxylation is 2. The van der Waals surface area contributed by atoms with Crippen LogP contribution in [0.25, 0.3) is 0 Å². The summed E-state index contributed by atoms with van der Waals surface area (Å²) in [6.07, 6.45) is 12.9. The summed E-state index contributed by atoms with van der Waals surface area (Å²) >= 11 is 3.51. The van der Waals surface area contributed by atoms with Crippen LogP contribution < -0.4 is 0 Å². The molecule has 1 fully saturated rings. The Labute approximate surface area is 182 Å². The number of aliphatic carboxylic acids is 1. The van der Waals surface area contributed by atoms with Crippen molar-refractivity contribution in [3.63, 3.8) is 0 Å². The van der Waals surface area contributed by atoms with E-state index in [-0.39, 0.29) is 24.4 Å². The zero-order chi connectivity index (χ0) is 21.2. The Morgan fingerprint density at radius 3 is 2.83 bits per heavy atom. The second-order valence-corrected chi connectivity index (χ2v) is 8.89. The first-order valence-electron chi connectivity index (χ1n) is 10.5. The molecule has 0 aliphatic heterocycles. The van der Waals surface area contributed by atoms with Gasteiger partial charge in [0.05, 0.1) is 12.2 Å². The van der Waals surface area contributed by atoms with Crippen molar-refractivity contribution < 1.29 is 20.1 Å². The minimum Gasteiger partial charge on any atom is -0.481 e. The molecule has 0 amide bonds. The Morgan fingerprint density at radius 1 is 1.31 bits per heavy atom. The molecule has 4 atom stereocenters. The molecule has 1 aromatic carbocycles. The van der Waals surface area contributed by atoms with Crippen molar-refractivity contribution in [1.29, 1.82) is 0 Å². The molecule has 160 valence electrons. The maximum absolute atomic E-state index is 10.5. The van der Waals surface area contributed by atoms with Crippen molar-refractivity contribution in [2.24, 2.45) is 11.8 Å². The van der Waals surface area contributed by atoms with Crippen molar-refractivity contribution >= 4 is 21.9 Å². The average molecular weight is 465 g/mol. The van der Waals surface area contributed by atoms with E-state index in [0.717, 1.165) is 36.6 Å². The van der Waals surface area contributed by atoms with E-state index in [1.807, 2.05) is 18.2 Å². The number of unbranched alkanes of at least 4 members (excludes halogenated alkanes) is 1. The predicted octanol–water partition coefficient (Wildman–Crippen LogP) is 5.20. The lowest BCUT2D eigenvalue weighted by Gasteiger charge is -2.18. The van der Waals surface area contributed by atoms with Gasteiger partial charge in [0.1, 0.15) is 0 Å². The van der Waals surface area contributed by atoms with Gasteiger partial charge in [-0.15, -0.1) is 0 Å². The van der Waals surface area contributed by atoms with E-state index >= 15 is 0 Å². The quantitative estimate of drug-likeness (QED) is 0.310. The number of hydrogen-bond acceptors (Lipinski definition) is 3. The Kier molecular flexibility index (Phi) is 10.1. The molecule has 29 heavy (non-hydrogen) atoms. The minimum atomic E-state index is -0.761. The van der Waals surface area contributed by atoms with E-state index in [9.17, 15) is 15.0 Å². The third-order valence-electron chi connectivity index (χ3n) is 5.71. The summed E-state index contributed by atoms with van der Waals surface area (Å²) in [6.45, 7) is 2.07. The monoisotopic (exact) mass is 464 g/mol. The normalized spacial score (nSPS) is 23.2. The zero-order valence-electron chi connectivity index (χ0n) is 17.1. The zero-order valence-corrected chi connectivity index (χ0v) is 18.7. The van der Waals surface area contributed by atoms with Gasteiger partial charge in [-0.1, -0.05) is 52.4 Å². The fourth-order valence-corrected chi connectivity index (χ4v) is 4.18. The van der Waals surface area contributed by atoms with E-state index in [0.29, 0.717) is 12.8 Å². The fourth-order valence-electron chi connectivity index (χ4n) is 3.93. The molecule has 0 saturated heterocycles. The van der Waals surface area contributed by atoms with Crippen molar-refractivity contribution in [2.45, 2.75) is 70.5 Å². The number of carbonyl (C=O) groups is 1. The smallest absolute Gasteiger partial charge is 0.303 e. The molecule has 0 bridgehead atoms. The molecule has 4 nitrogen and oxygen atoms in total. The molecule has 5 heteroatoms. The van der Waals surface area contributed by atoms with Crippen molar-refractivity contribution in [1.82, 2.24) is 0 Å². The van der Waals surface area contributed by atoms with Gasteiger partial charge in [0, 0.05) is 10.9 Å². The number of halogens is 1. The van der Waals surface area contributed by atoms with Gasteiger partial charge in [0.2, 0.25) is 0 Å². The lowest BCUT2D eigenvalue weighted by atomic mass is 9.90. The van der Waals surface area contributed by atoms with Crippen molar-refractivity contribution in [3.8, 4) is 0 Å². The van der Waals surface area contributed by atoms with Crippen LogP contribution in [0.15, 0.2) is 47.0 Å². The van der Waals surface area contributed by atoms with Gasteiger partial charge in [-0.25, -0.2) is 0 Å². The molecule has 2 rings (SSSR count). The number of rotatable bonds is 11. The minimum absolute atomic E-state index is 0.170. The summed E-state index contributed by atoms with van der Waals surface area (Å²) in [4.78, 5) is 10.5. The van der Waals surface area contributed by atoms with Crippen LogP contribution >= 0.6 is 15.9 Å². The van der Waals surface area contributed by atoms with Crippen molar-refractivity contribution in [3.05, 3.63) is 58.1 Å². The Balaban J connectivity index is 1.78. The SMILES string of the molecule is Cc1cc(CC[C@H](O)C=C[C@H]2CCC(O)[C@@H]2CC=CCCCC(=O)O)ccc1Br. The number of aliphatic hydroxyl groups excluding tert-OH is 2. The van der Waals surface area contributed by atoms with Crippen LogP contribution in [0, 0.1) is 18.8 Å². The van der Waals surface area contributed by atoms with Gasteiger partial charge >= 0.3 is 5.97 Å². The first-order chi connectivity index (χ1) is 13.9. The molecule has 1 saturated carbocycles. The van der Waals surface area contributed by atoms with Gasteiger partial charge in [0.25, 0.3) is 0 Å². The van der Waals surface area contributed by atoms with Crippen LogP contribution in [0.1, 0.15) is 56.1 Å². The molecule has 0 heterocycles. The topological polar surface area (TPSA) is 77.8 Å². The van der Waals surface area contributed by atoms with Crippen LogP contribution in [0.2, 0.25) is 0 Å². The molecular formula is C24H33BrO4. The van der Waals surface area contributed by atoms with Crippen molar-refractivity contribution in [2.75, 3.05) is 0 Å². The van der Waals surface area contributed by atoms with E-state index < -0.39 is 12.1 Å². The standard InChI is InChI=1S/C24H33BrO4/c1-17-16-18(9-14-22(17)25)8-12-20(26)13-10-19-11-15-23(27)21(19)6-4-2-3-5-7-24(28)29/h2,4,9-10,13-14,16,19-21,23,26-27H,3,5-8,11-12,15H2,1H3,(H,28,29)/t19-,20-,21+,23?/m0/s1. The molecule has 0 spiro atoms. The molecule has 1 aliphatic rings. The molecule has 1 aliphatic carbocycles. The van der Waals surface area contributed by atoms with E-state index in [1.54, 1.807) is 0 Å². The van der Waals surface area contributed by atoms with Crippen LogP contribution in [-0.2, 0) is 11.2 Å². The highest BCUT2D eigenvalue weighted by molar-refractivity contribution is 9.10. The number of hydrogen-bond donors (Lipinski definition) is 3. The van der Waals surface area contributed by atoms with Crippen LogP contribution in [0.4, 0.5) is 0 Å². The highest BCUT2D eigenvalue weighted by Gasteiger charge is 2.32. The number of benzene rings is 1. The third kappa shape index (κ3) is 8.45. The largest absolute Gasteiger partial charge is 0.481 e. The molecule has 1 aromatic rings. The second-order valence-electron chi connectivity index (χ2n) is 8.04. The van der Waals surface area contributed by atoms with Crippen LogP contribution in [0.5, 0.6) is 0 Å². The maximum atomic E-state index is 10.5. The van der Waals surface area contributed by atoms with Gasteiger partial charge in [-0.3, -0.25) is 4.79 Å². The first-order valence-corrected chi connectivity index (χ1v) is 11.3. The Hall–Kier alpha value is -1.43. The van der Waals surface area contributed by atoms with Gasteiger partial charge in [0.15, 0.2) is 0 Å². The third-order valence-corrected chi connectivity index (χ3v) is 6.60. The van der Waals surface area contributed by atoms with Gasteiger partial charge in [-0.05, 0) is 80.9 Å². The lowest BCUT2D eigenvalue weighted by molar-refractivity contribution is -0.137. The van der Waals surface area contributed by atoms with E-state index in [4.69, 9.17) is 5.11 Å². The number of aliphatic hydroxyl groups is 2. The first kappa shape index (κ1) is 23.8. The Bertz CT molecular complexity index is 713. The summed E-state index contributed by atoms with van der Waals surface area (Å²) in [7, 11) is 0. The molecule has 0 radical (unpaired) electrons. The van der Waals surface area contributed by atoms with Crippen LogP contribution in [-0.4, -0.2) is 33.5 Å². The van der Waals surface area contributed by atoms with Gasteiger partial charge in [-0.2, -0.15) is 0 Å². The second kappa shape index (κ2) is 12.3. The highest BCUT2D eigenvalue weighted by atomic mass is 79.9. The predicted molar refractivity (Wildman–Crippen MR) is 120 cm³/mol. The number of carboxylic acid groups (broad SMARTS) is 1. The van der Waals surface area contributed by atoms with Crippen LogP contribution in [0.3, 0.4) is 0 Å². The fraction of sp³-hybridized carbons (Fsp3) is 0.542. The Morgan fingerprint density at radius 2 is 2.10 bits per heavy atom. The van der Waals surface area contributed by atoms with E-state index in [1.165, 1.54) is 11.1 Å².